The Morgan fingerprint density at radius 3 is 3.00 bits per heavy atom. The molecule has 110 valence electrons. The Morgan fingerprint density at radius 2 is 2.33 bits per heavy atom. The van der Waals surface area contributed by atoms with E-state index in [1.54, 1.807) is 17.7 Å². The molecular formula is C14H18N6S. The summed E-state index contributed by atoms with van der Waals surface area (Å²) in [5.74, 6) is 1.94. The summed E-state index contributed by atoms with van der Waals surface area (Å²) >= 11 is 1.73. The Labute approximate surface area is 127 Å². The van der Waals surface area contributed by atoms with Crippen molar-refractivity contribution in [3.05, 3.63) is 52.8 Å². The van der Waals surface area contributed by atoms with E-state index in [0.29, 0.717) is 6.54 Å². The van der Waals surface area contributed by atoms with E-state index >= 15 is 0 Å². The predicted molar refractivity (Wildman–Crippen MR) is 81.9 cm³/mol. The summed E-state index contributed by atoms with van der Waals surface area (Å²) in [4.78, 5) is 5.72. The van der Waals surface area contributed by atoms with Gasteiger partial charge in [-0.25, -0.2) is 4.98 Å². The third-order valence-corrected chi connectivity index (χ3v) is 4.38. The highest BCUT2D eigenvalue weighted by Gasteiger charge is 2.19. The number of aromatic nitrogens is 5. The van der Waals surface area contributed by atoms with Crippen molar-refractivity contribution in [1.82, 2.24) is 29.6 Å². The maximum Gasteiger partial charge on any atom is 0.146 e. The second kappa shape index (κ2) is 6.19. The van der Waals surface area contributed by atoms with Crippen LogP contribution in [0.15, 0.2) is 36.2 Å². The van der Waals surface area contributed by atoms with Crippen LogP contribution in [0.5, 0.6) is 0 Å². The van der Waals surface area contributed by atoms with E-state index in [1.165, 1.54) is 4.88 Å². The Bertz CT molecular complexity index is 684. The molecule has 0 amide bonds. The topological polar surface area (TPSA) is 60.6 Å². The Kier molecular flexibility index (Phi) is 4.12. The molecule has 3 heterocycles. The van der Waals surface area contributed by atoms with Crippen molar-refractivity contribution >= 4 is 11.3 Å². The van der Waals surface area contributed by atoms with Crippen LogP contribution in [0, 0.1) is 0 Å². The van der Waals surface area contributed by atoms with E-state index in [9.17, 15) is 0 Å². The van der Waals surface area contributed by atoms with Crippen molar-refractivity contribution in [3.8, 4) is 0 Å². The normalized spacial score (nSPS) is 12.7. The molecule has 1 unspecified atom stereocenters. The SMILES string of the molecule is CCn1cnnc1CNC(c1cccs1)c1nccn1C. The van der Waals surface area contributed by atoms with Crippen molar-refractivity contribution in [2.75, 3.05) is 0 Å². The first-order chi connectivity index (χ1) is 10.3. The van der Waals surface area contributed by atoms with Gasteiger partial charge in [-0.05, 0) is 18.4 Å². The first-order valence-electron chi connectivity index (χ1n) is 6.90. The van der Waals surface area contributed by atoms with E-state index in [2.05, 4.69) is 44.9 Å². The van der Waals surface area contributed by atoms with Gasteiger partial charge < -0.3 is 9.13 Å². The number of aryl methyl sites for hydroxylation is 2. The average Bonchev–Trinajstić information content (AvgIpc) is 3.21. The molecule has 0 aliphatic heterocycles. The monoisotopic (exact) mass is 302 g/mol. The fourth-order valence-electron chi connectivity index (χ4n) is 2.30. The molecule has 6 nitrogen and oxygen atoms in total. The Morgan fingerprint density at radius 1 is 1.43 bits per heavy atom. The number of imidazole rings is 1. The van der Waals surface area contributed by atoms with E-state index in [0.717, 1.165) is 18.2 Å². The van der Waals surface area contributed by atoms with Gasteiger partial charge in [-0.3, -0.25) is 5.32 Å². The fourth-order valence-corrected chi connectivity index (χ4v) is 3.10. The molecule has 0 aliphatic carbocycles. The summed E-state index contributed by atoms with van der Waals surface area (Å²) in [5.41, 5.74) is 0. The molecule has 1 N–H and O–H groups in total. The van der Waals surface area contributed by atoms with E-state index in [1.807, 2.05) is 28.6 Å². The Hall–Kier alpha value is -1.99. The second-order valence-corrected chi connectivity index (χ2v) is 5.74. The van der Waals surface area contributed by atoms with Gasteiger partial charge in [0.2, 0.25) is 0 Å². The van der Waals surface area contributed by atoms with Crippen LogP contribution in [-0.4, -0.2) is 24.3 Å². The first-order valence-corrected chi connectivity index (χ1v) is 7.78. The predicted octanol–water partition coefficient (Wildman–Crippen LogP) is 1.97. The number of rotatable bonds is 6. The molecule has 3 aromatic rings. The highest BCUT2D eigenvalue weighted by atomic mass is 32.1. The van der Waals surface area contributed by atoms with Crippen LogP contribution in [-0.2, 0) is 20.1 Å². The Balaban J connectivity index is 1.82. The lowest BCUT2D eigenvalue weighted by atomic mass is 10.2. The van der Waals surface area contributed by atoms with Gasteiger partial charge in [0.25, 0.3) is 0 Å². The van der Waals surface area contributed by atoms with E-state index < -0.39 is 0 Å². The zero-order valence-electron chi connectivity index (χ0n) is 12.1. The van der Waals surface area contributed by atoms with Crippen LogP contribution in [0.1, 0.15) is 29.5 Å². The number of hydrogen-bond donors (Lipinski definition) is 1. The minimum Gasteiger partial charge on any atom is -0.336 e. The molecule has 0 fully saturated rings. The summed E-state index contributed by atoms with van der Waals surface area (Å²) in [6.07, 6.45) is 5.55. The largest absolute Gasteiger partial charge is 0.336 e. The van der Waals surface area contributed by atoms with Gasteiger partial charge in [0.15, 0.2) is 0 Å². The van der Waals surface area contributed by atoms with Crippen molar-refractivity contribution in [3.63, 3.8) is 0 Å². The van der Waals surface area contributed by atoms with Gasteiger partial charge in [0.1, 0.15) is 24.0 Å². The standard InChI is InChI=1S/C14H18N6S/c1-3-20-10-17-18-12(20)9-16-13(11-5-4-8-21-11)14-15-6-7-19(14)2/h4-8,10,13,16H,3,9H2,1-2H3. The van der Waals surface area contributed by atoms with Gasteiger partial charge in [-0.15, -0.1) is 21.5 Å². The lowest BCUT2D eigenvalue weighted by Gasteiger charge is -2.17. The second-order valence-electron chi connectivity index (χ2n) is 4.76. The van der Waals surface area contributed by atoms with Crippen molar-refractivity contribution in [1.29, 1.82) is 0 Å². The molecule has 3 aromatic heterocycles. The van der Waals surface area contributed by atoms with Crippen molar-refractivity contribution < 1.29 is 0 Å². The van der Waals surface area contributed by atoms with Gasteiger partial charge in [0, 0.05) is 30.9 Å². The molecule has 0 saturated carbocycles. The number of nitrogens with one attached hydrogen (secondary N) is 1. The highest BCUT2D eigenvalue weighted by Crippen LogP contribution is 2.24. The lowest BCUT2D eigenvalue weighted by molar-refractivity contribution is 0.535. The van der Waals surface area contributed by atoms with Gasteiger partial charge >= 0.3 is 0 Å². The molecule has 7 heteroatoms. The molecule has 0 bridgehead atoms. The molecule has 1 atom stereocenters. The molecule has 0 radical (unpaired) electrons. The zero-order valence-corrected chi connectivity index (χ0v) is 12.9. The van der Waals surface area contributed by atoms with Crippen LogP contribution in [0.4, 0.5) is 0 Å². The first kappa shape index (κ1) is 14.0. The van der Waals surface area contributed by atoms with Crippen LogP contribution in [0.3, 0.4) is 0 Å². The van der Waals surface area contributed by atoms with Crippen LogP contribution in [0.25, 0.3) is 0 Å². The molecule has 0 aliphatic rings. The maximum atomic E-state index is 4.48. The van der Waals surface area contributed by atoms with Crippen LogP contribution < -0.4 is 5.32 Å². The third kappa shape index (κ3) is 2.88. The lowest BCUT2D eigenvalue weighted by Crippen LogP contribution is -2.25. The quantitative estimate of drug-likeness (QED) is 0.756. The van der Waals surface area contributed by atoms with Gasteiger partial charge in [0.05, 0.1) is 6.54 Å². The summed E-state index contributed by atoms with van der Waals surface area (Å²) in [7, 11) is 2.01. The van der Waals surface area contributed by atoms with Crippen LogP contribution >= 0.6 is 11.3 Å². The molecule has 0 aromatic carbocycles. The van der Waals surface area contributed by atoms with Gasteiger partial charge in [-0.2, -0.15) is 0 Å². The highest BCUT2D eigenvalue weighted by molar-refractivity contribution is 7.10. The number of hydrogen-bond acceptors (Lipinski definition) is 5. The maximum absolute atomic E-state index is 4.48. The molecule has 0 saturated heterocycles. The van der Waals surface area contributed by atoms with E-state index in [-0.39, 0.29) is 6.04 Å². The summed E-state index contributed by atoms with van der Waals surface area (Å²) in [6.45, 7) is 3.61. The number of nitrogens with zero attached hydrogens (tertiary/aromatic N) is 5. The third-order valence-electron chi connectivity index (χ3n) is 3.45. The average molecular weight is 302 g/mol. The summed E-state index contributed by atoms with van der Waals surface area (Å²) < 4.78 is 4.08. The molecular weight excluding hydrogens is 284 g/mol. The minimum absolute atomic E-state index is 0.0620. The minimum atomic E-state index is 0.0620. The van der Waals surface area contributed by atoms with Crippen LogP contribution in [0.2, 0.25) is 0 Å². The molecule has 21 heavy (non-hydrogen) atoms. The smallest absolute Gasteiger partial charge is 0.146 e. The van der Waals surface area contributed by atoms with Crippen molar-refractivity contribution in [2.45, 2.75) is 26.1 Å². The molecule has 0 spiro atoms. The zero-order chi connectivity index (χ0) is 14.7. The number of thiophene rings is 1. The van der Waals surface area contributed by atoms with Gasteiger partial charge in [-0.1, -0.05) is 6.07 Å². The molecule has 3 rings (SSSR count). The summed E-state index contributed by atoms with van der Waals surface area (Å²) in [5, 5.41) is 13.8. The van der Waals surface area contributed by atoms with Crippen molar-refractivity contribution in [2.24, 2.45) is 7.05 Å². The summed E-state index contributed by atoms with van der Waals surface area (Å²) in [6, 6.07) is 4.25. The van der Waals surface area contributed by atoms with E-state index in [4.69, 9.17) is 0 Å². The fraction of sp³-hybridized carbons (Fsp3) is 0.357.